The van der Waals surface area contributed by atoms with Crippen molar-refractivity contribution in [2.75, 3.05) is 6.61 Å². The molecule has 2 aromatic rings. The van der Waals surface area contributed by atoms with E-state index < -0.39 is 0 Å². The summed E-state index contributed by atoms with van der Waals surface area (Å²) in [5.74, 6) is 0. The first-order valence-corrected chi connectivity index (χ1v) is 6.38. The van der Waals surface area contributed by atoms with Gasteiger partial charge < -0.3 is 4.74 Å². The van der Waals surface area contributed by atoms with Crippen LogP contribution in [-0.4, -0.2) is 6.61 Å². The second kappa shape index (κ2) is 7.34. The van der Waals surface area contributed by atoms with E-state index in [1.54, 1.807) is 0 Å². The van der Waals surface area contributed by atoms with Crippen molar-refractivity contribution < 1.29 is 4.74 Å². The summed E-state index contributed by atoms with van der Waals surface area (Å²) in [4.78, 5) is 0. The first-order valence-electron chi connectivity index (χ1n) is 6.38. The molecule has 0 heterocycles. The van der Waals surface area contributed by atoms with Crippen LogP contribution in [0.1, 0.15) is 11.1 Å². The van der Waals surface area contributed by atoms with Gasteiger partial charge in [0.25, 0.3) is 0 Å². The normalized spacial score (nSPS) is 11.3. The highest BCUT2D eigenvalue weighted by molar-refractivity contribution is 5.55. The lowest BCUT2D eigenvalue weighted by molar-refractivity contribution is 0.145. The van der Waals surface area contributed by atoms with Crippen LogP contribution in [0, 0.1) is 0 Å². The lowest BCUT2D eigenvalue weighted by Crippen LogP contribution is -1.97. The predicted octanol–water partition coefficient (Wildman–Crippen LogP) is 4.47. The fourth-order valence-electron chi connectivity index (χ4n) is 1.78. The van der Waals surface area contributed by atoms with Crippen molar-refractivity contribution >= 4 is 6.08 Å². The van der Waals surface area contributed by atoms with Gasteiger partial charge in [-0.05, 0) is 22.8 Å². The van der Waals surface area contributed by atoms with Crippen LogP contribution in [0.3, 0.4) is 0 Å². The molecule has 0 fully saturated rings. The molecule has 0 N–H and O–H groups in total. The van der Waals surface area contributed by atoms with Gasteiger partial charge in [-0.25, -0.2) is 0 Å². The van der Waals surface area contributed by atoms with Gasteiger partial charge in [0.05, 0.1) is 13.2 Å². The molecule has 0 saturated heterocycles. The van der Waals surface area contributed by atoms with E-state index >= 15 is 0 Å². The molecule has 0 unspecified atom stereocenters. The fourth-order valence-corrected chi connectivity index (χ4v) is 1.78. The minimum atomic E-state index is 0.577. The average Bonchev–Trinajstić information content (AvgIpc) is 2.48. The zero-order chi connectivity index (χ0) is 13.3. The van der Waals surface area contributed by atoms with Crippen LogP contribution in [0.4, 0.5) is 0 Å². The molecule has 2 aromatic carbocycles. The van der Waals surface area contributed by atoms with Gasteiger partial charge >= 0.3 is 0 Å². The quantitative estimate of drug-likeness (QED) is 0.687. The lowest BCUT2D eigenvalue weighted by Gasteiger charge is -2.05. The summed E-state index contributed by atoms with van der Waals surface area (Å²) in [7, 11) is 0. The molecular formula is C18H18O. The summed E-state index contributed by atoms with van der Waals surface area (Å²) in [6.07, 6.45) is 3.94. The predicted molar refractivity (Wildman–Crippen MR) is 80.7 cm³/mol. The molecule has 0 spiro atoms. The molecule has 1 heteroatoms. The number of benzene rings is 2. The van der Waals surface area contributed by atoms with Gasteiger partial charge in [-0.3, -0.25) is 0 Å². The van der Waals surface area contributed by atoms with E-state index in [-0.39, 0.29) is 0 Å². The average molecular weight is 250 g/mol. The SMILES string of the molecule is C=C/C(=C\c1ccccc1)COCc1ccccc1. The summed E-state index contributed by atoms with van der Waals surface area (Å²) in [5.41, 5.74) is 3.44. The molecule has 0 aliphatic rings. The standard InChI is InChI=1S/C18H18O/c1-2-16(13-17-9-5-3-6-10-17)14-19-15-18-11-7-4-8-12-18/h2-13H,1,14-15H2/b16-13+. The molecule has 0 aliphatic carbocycles. The molecule has 1 nitrogen and oxygen atoms in total. The van der Waals surface area contributed by atoms with Gasteiger partial charge in [0.15, 0.2) is 0 Å². The molecule has 96 valence electrons. The molecular weight excluding hydrogens is 232 g/mol. The molecule has 0 amide bonds. The van der Waals surface area contributed by atoms with Crippen LogP contribution >= 0.6 is 0 Å². The second-order valence-electron chi connectivity index (χ2n) is 4.31. The zero-order valence-electron chi connectivity index (χ0n) is 11.0. The Kier molecular flexibility index (Phi) is 5.15. The third kappa shape index (κ3) is 4.57. The van der Waals surface area contributed by atoms with Crippen LogP contribution in [0.25, 0.3) is 6.08 Å². The largest absolute Gasteiger partial charge is 0.372 e. The van der Waals surface area contributed by atoms with E-state index in [0.29, 0.717) is 13.2 Å². The van der Waals surface area contributed by atoms with Crippen molar-refractivity contribution in [3.8, 4) is 0 Å². The Balaban J connectivity index is 1.90. The second-order valence-corrected chi connectivity index (χ2v) is 4.31. The van der Waals surface area contributed by atoms with Crippen molar-refractivity contribution in [2.24, 2.45) is 0 Å². The van der Waals surface area contributed by atoms with Crippen molar-refractivity contribution in [3.05, 3.63) is 90.0 Å². The molecule has 0 atom stereocenters. The third-order valence-electron chi connectivity index (χ3n) is 2.79. The van der Waals surface area contributed by atoms with Crippen LogP contribution in [0.2, 0.25) is 0 Å². The number of hydrogen-bond acceptors (Lipinski definition) is 1. The summed E-state index contributed by atoms with van der Waals surface area (Å²) >= 11 is 0. The maximum absolute atomic E-state index is 5.71. The van der Waals surface area contributed by atoms with E-state index in [1.165, 1.54) is 11.1 Å². The minimum absolute atomic E-state index is 0.577. The topological polar surface area (TPSA) is 9.23 Å². The highest BCUT2D eigenvalue weighted by Gasteiger charge is 1.95. The zero-order valence-corrected chi connectivity index (χ0v) is 11.0. The van der Waals surface area contributed by atoms with Crippen LogP contribution < -0.4 is 0 Å². The molecule has 0 radical (unpaired) electrons. The highest BCUT2D eigenvalue weighted by atomic mass is 16.5. The number of hydrogen-bond donors (Lipinski definition) is 0. The van der Waals surface area contributed by atoms with Crippen molar-refractivity contribution in [1.82, 2.24) is 0 Å². The monoisotopic (exact) mass is 250 g/mol. The summed E-state index contributed by atoms with van der Waals surface area (Å²) < 4.78 is 5.71. The Bertz CT molecular complexity index is 526. The van der Waals surface area contributed by atoms with E-state index in [9.17, 15) is 0 Å². The van der Waals surface area contributed by atoms with Gasteiger partial charge in [0, 0.05) is 0 Å². The summed E-state index contributed by atoms with van der Waals surface area (Å²) in [5, 5.41) is 0. The lowest BCUT2D eigenvalue weighted by atomic mass is 10.1. The molecule has 2 rings (SSSR count). The van der Waals surface area contributed by atoms with Crippen LogP contribution in [-0.2, 0) is 11.3 Å². The molecule has 0 saturated carbocycles. The van der Waals surface area contributed by atoms with Crippen molar-refractivity contribution in [3.63, 3.8) is 0 Å². The number of rotatable bonds is 6. The first-order chi connectivity index (χ1) is 9.38. The fraction of sp³-hybridized carbons (Fsp3) is 0.111. The van der Waals surface area contributed by atoms with E-state index in [0.717, 1.165) is 5.57 Å². The molecule has 0 aliphatic heterocycles. The third-order valence-corrected chi connectivity index (χ3v) is 2.79. The van der Waals surface area contributed by atoms with Crippen molar-refractivity contribution in [2.45, 2.75) is 6.61 Å². The van der Waals surface area contributed by atoms with Gasteiger partial charge in [-0.15, -0.1) is 0 Å². The van der Waals surface area contributed by atoms with Crippen molar-refractivity contribution in [1.29, 1.82) is 0 Å². The van der Waals surface area contributed by atoms with Gasteiger partial charge in [0.2, 0.25) is 0 Å². The van der Waals surface area contributed by atoms with Gasteiger partial charge in [-0.1, -0.05) is 73.3 Å². The Morgan fingerprint density at radius 2 is 1.58 bits per heavy atom. The molecule has 0 aromatic heterocycles. The summed E-state index contributed by atoms with van der Waals surface area (Å²) in [6.45, 7) is 5.04. The van der Waals surface area contributed by atoms with Gasteiger partial charge in [-0.2, -0.15) is 0 Å². The smallest absolute Gasteiger partial charge is 0.0721 e. The summed E-state index contributed by atoms with van der Waals surface area (Å²) in [6, 6.07) is 20.4. The Morgan fingerprint density at radius 1 is 0.947 bits per heavy atom. The van der Waals surface area contributed by atoms with Gasteiger partial charge in [0.1, 0.15) is 0 Å². The Morgan fingerprint density at radius 3 is 2.21 bits per heavy atom. The molecule has 19 heavy (non-hydrogen) atoms. The van der Waals surface area contributed by atoms with E-state index in [4.69, 9.17) is 4.74 Å². The minimum Gasteiger partial charge on any atom is -0.372 e. The van der Waals surface area contributed by atoms with Crippen LogP contribution in [0.5, 0.6) is 0 Å². The Hall–Kier alpha value is -2.12. The van der Waals surface area contributed by atoms with E-state index in [1.807, 2.05) is 42.5 Å². The Labute approximate surface area is 114 Å². The maximum atomic E-state index is 5.71. The highest BCUT2D eigenvalue weighted by Crippen LogP contribution is 2.09. The van der Waals surface area contributed by atoms with Crippen LogP contribution in [0.15, 0.2) is 78.9 Å². The number of ether oxygens (including phenoxy) is 1. The maximum Gasteiger partial charge on any atom is 0.0721 e. The first kappa shape index (κ1) is 13.3. The molecule has 0 bridgehead atoms. The van der Waals surface area contributed by atoms with E-state index in [2.05, 4.69) is 36.9 Å².